The highest BCUT2D eigenvalue weighted by Crippen LogP contribution is 2.44. The van der Waals surface area contributed by atoms with E-state index in [0.717, 1.165) is 27.8 Å². The fourth-order valence-electron chi connectivity index (χ4n) is 7.10. The molecule has 3 amide bonds. The van der Waals surface area contributed by atoms with Gasteiger partial charge in [0.15, 0.2) is 5.78 Å². The van der Waals surface area contributed by atoms with Crippen LogP contribution in [0.1, 0.15) is 73.3 Å². The van der Waals surface area contributed by atoms with Crippen LogP contribution in [0.5, 0.6) is 0 Å². The van der Waals surface area contributed by atoms with Crippen LogP contribution in [0.4, 0.5) is 4.79 Å². The van der Waals surface area contributed by atoms with Crippen molar-refractivity contribution < 1.29 is 43.3 Å². The molecule has 1 aliphatic rings. The summed E-state index contributed by atoms with van der Waals surface area (Å²) in [6.45, 7) is 3.82. The molecule has 0 saturated heterocycles. The molecule has 0 aromatic heterocycles. The number of hydrogen-bond acceptors (Lipinski definition) is 8. The SMILES string of the molecule is CC(C)C[C@H](CC(=O)[C@H](Cc1ccc(CC(=O)O)cc1)NC(=O)[C@H](CCC(=O)OCc1ccccc1)NC(=O)OCC1c2ccccc2-c2ccccc21)C(N)=O. The molecule has 12 heteroatoms. The zero-order valence-electron chi connectivity index (χ0n) is 32.1. The summed E-state index contributed by atoms with van der Waals surface area (Å²) in [4.78, 5) is 77.9. The highest BCUT2D eigenvalue weighted by Gasteiger charge is 2.32. The summed E-state index contributed by atoms with van der Waals surface area (Å²) in [5.41, 5.74) is 11.7. The van der Waals surface area contributed by atoms with Gasteiger partial charge in [-0.05, 0) is 64.1 Å². The van der Waals surface area contributed by atoms with Gasteiger partial charge in [0.05, 0.1) is 12.5 Å². The predicted octanol–water partition coefficient (Wildman–Crippen LogP) is 5.88. The van der Waals surface area contributed by atoms with Crippen molar-refractivity contribution in [1.82, 2.24) is 10.6 Å². The van der Waals surface area contributed by atoms with Gasteiger partial charge < -0.3 is 30.9 Å². The number of esters is 1. The number of aliphatic carboxylic acids is 1. The molecule has 5 rings (SSSR count). The number of amides is 3. The monoisotopic (exact) mass is 775 g/mol. The first-order valence-electron chi connectivity index (χ1n) is 19.1. The van der Waals surface area contributed by atoms with Gasteiger partial charge in [-0.1, -0.05) is 117 Å². The molecule has 5 N–H and O–H groups in total. The summed E-state index contributed by atoms with van der Waals surface area (Å²) in [6.07, 6.45) is -1.36. The Morgan fingerprint density at radius 1 is 0.719 bits per heavy atom. The maximum Gasteiger partial charge on any atom is 0.407 e. The minimum absolute atomic E-state index is 0.00185. The summed E-state index contributed by atoms with van der Waals surface area (Å²) < 4.78 is 11.2. The fourth-order valence-corrected chi connectivity index (χ4v) is 7.10. The first kappa shape index (κ1) is 41.9. The van der Waals surface area contributed by atoms with E-state index in [2.05, 4.69) is 10.6 Å². The zero-order valence-corrected chi connectivity index (χ0v) is 32.1. The van der Waals surface area contributed by atoms with Crippen LogP contribution in [-0.4, -0.2) is 59.4 Å². The third kappa shape index (κ3) is 12.1. The second-order valence-corrected chi connectivity index (χ2v) is 14.8. The number of carbonyl (C=O) groups excluding carboxylic acids is 5. The average molecular weight is 776 g/mol. The predicted molar refractivity (Wildman–Crippen MR) is 213 cm³/mol. The number of benzene rings is 4. The molecule has 0 unspecified atom stereocenters. The van der Waals surface area contributed by atoms with E-state index in [4.69, 9.17) is 15.2 Å². The highest BCUT2D eigenvalue weighted by atomic mass is 16.5. The molecule has 4 aromatic rings. The first-order chi connectivity index (χ1) is 27.4. The largest absolute Gasteiger partial charge is 0.481 e. The quantitative estimate of drug-likeness (QED) is 0.0795. The van der Waals surface area contributed by atoms with Crippen molar-refractivity contribution in [2.75, 3.05) is 6.61 Å². The molecule has 1 aliphatic carbocycles. The normalized spacial score (nSPS) is 13.4. The Labute approximate surface area is 332 Å². The number of rotatable bonds is 20. The van der Waals surface area contributed by atoms with Crippen molar-refractivity contribution in [3.8, 4) is 11.1 Å². The summed E-state index contributed by atoms with van der Waals surface area (Å²) in [5.74, 6) is -4.38. The van der Waals surface area contributed by atoms with Gasteiger partial charge in [-0.25, -0.2) is 4.79 Å². The van der Waals surface area contributed by atoms with Crippen LogP contribution in [0.3, 0.4) is 0 Å². The van der Waals surface area contributed by atoms with Gasteiger partial charge in [0.25, 0.3) is 0 Å². The van der Waals surface area contributed by atoms with E-state index in [-0.39, 0.29) is 57.2 Å². The Bertz CT molecular complexity index is 2000. The van der Waals surface area contributed by atoms with Gasteiger partial charge in [-0.2, -0.15) is 0 Å². The van der Waals surface area contributed by atoms with E-state index >= 15 is 0 Å². The number of alkyl carbamates (subject to hydrolysis) is 1. The molecule has 0 spiro atoms. The number of hydrogen-bond donors (Lipinski definition) is 4. The van der Waals surface area contributed by atoms with E-state index in [0.29, 0.717) is 17.5 Å². The molecular weight excluding hydrogens is 727 g/mol. The topological polar surface area (TPSA) is 191 Å². The van der Waals surface area contributed by atoms with Crippen molar-refractivity contribution in [3.63, 3.8) is 0 Å². The summed E-state index contributed by atoms with van der Waals surface area (Å²) in [5, 5.41) is 14.6. The molecule has 0 bridgehead atoms. The van der Waals surface area contributed by atoms with Crippen LogP contribution in [0, 0.1) is 11.8 Å². The molecule has 0 aliphatic heterocycles. The summed E-state index contributed by atoms with van der Waals surface area (Å²) >= 11 is 0. The third-order valence-electron chi connectivity index (χ3n) is 9.96. The van der Waals surface area contributed by atoms with Gasteiger partial charge in [0.1, 0.15) is 19.3 Å². The highest BCUT2D eigenvalue weighted by molar-refractivity contribution is 5.94. The van der Waals surface area contributed by atoms with Gasteiger partial charge >= 0.3 is 18.0 Å². The van der Waals surface area contributed by atoms with E-state index in [1.807, 2.05) is 92.7 Å². The molecule has 0 fully saturated rings. The van der Waals surface area contributed by atoms with E-state index in [1.54, 1.807) is 24.3 Å². The molecule has 0 saturated carbocycles. The second kappa shape index (κ2) is 20.0. The van der Waals surface area contributed by atoms with Crippen LogP contribution >= 0.6 is 0 Å². The number of primary amides is 1. The molecular formula is C45H49N3O9. The Hall–Kier alpha value is -6.30. The number of carboxylic acid groups (broad SMARTS) is 1. The van der Waals surface area contributed by atoms with E-state index < -0.39 is 53.6 Å². The number of carbonyl (C=O) groups is 6. The molecule has 12 nitrogen and oxygen atoms in total. The maximum absolute atomic E-state index is 14.1. The van der Waals surface area contributed by atoms with Crippen LogP contribution in [-0.2, 0) is 52.9 Å². The molecule has 298 valence electrons. The minimum atomic E-state index is -1.32. The lowest BCUT2D eigenvalue weighted by Gasteiger charge is -2.25. The second-order valence-electron chi connectivity index (χ2n) is 14.8. The number of carboxylic acids is 1. The van der Waals surface area contributed by atoms with Crippen molar-refractivity contribution in [2.45, 2.75) is 77.0 Å². The van der Waals surface area contributed by atoms with Gasteiger partial charge in [0, 0.05) is 24.7 Å². The number of ketones is 1. The van der Waals surface area contributed by atoms with Crippen molar-refractivity contribution >= 4 is 35.6 Å². The minimum Gasteiger partial charge on any atom is -0.481 e. The number of nitrogens with one attached hydrogen (secondary N) is 2. The number of fused-ring (bicyclic) bond motifs is 3. The standard InChI is InChI=1S/C45H49N3O9/c1-28(2)22-32(43(46)53)25-40(49)39(23-29-16-18-30(19-17-29)24-41(50)51)47-44(54)38(20-21-42(52)56-26-31-10-4-3-5-11-31)48-45(55)57-27-37-35-14-8-6-12-33(35)34-13-7-9-15-36(34)37/h3-19,28,32,37-39H,20-27H2,1-2H3,(H2,46,53)(H,47,54)(H,48,55)(H,50,51)/t32-,38+,39+/m1/s1. The molecule has 4 aromatic carbocycles. The van der Waals surface area contributed by atoms with Gasteiger partial charge in [0.2, 0.25) is 11.8 Å². The van der Waals surface area contributed by atoms with Crippen LogP contribution in [0.25, 0.3) is 11.1 Å². The lowest BCUT2D eigenvalue weighted by Crippen LogP contribution is -2.53. The van der Waals surface area contributed by atoms with Gasteiger partial charge in [-0.3, -0.25) is 24.0 Å². The average Bonchev–Trinajstić information content (AvgIpc) is 3.51. The Balaban J connectivity index is 1.33. The zero-order chi connectivity index (χ0) is 40.9. The van der Waals surface area contributed by atoms with E-state index in [9.17, 15) is 33.9 Å². The lowest BCUT2D eigenvalue weighted by molar-refractivity contribution is -0.145. The molecule has 57 heavy (non-hydrogen) atoms. The number of Topliss-reactive ketones (excluding diaryl/α,β-unsaturated/α-hetero) is 1. The molecule has 0 heterocycles. The van der Waals surface area contributed by atoms with E-state index in [1.165, 1.54) is 0 Å². The first-order valence-corrected chi connectivity index (χ1v) is 19.1. The maximum atomic E-state index is 14.1. The summed E-state index contributed by atoms with van der Waals surface area (Å²) in [7, 11) is 0. The lowest BCUT2D eigenvalue weighted by atomic mass is 9.88. The van der Waals surface area contributed by atoms with Crippen LogP contribution in [0.2, 0.25) is 0 Å². The summed E-state index contributed by atoms with van der Waals surface area (Å²) in [6, 6.07) is 28.9. The van der Waals surface area contributed by atoms with Crippen molar-refractivity contribution in [1.29, 1.82) is 0 Å². The fraction of sp³-hybridized carbons (Fsp3) is 0.333. The number of ether oxygens (including phenoxy) is 2. The molecule has 0 radical (unpaired) electrons. The molecule has 3 atom stereocenters. The third-order valence-corrected chi connectivity index (χ3v) is 9.96. The van der Waals surface area contributed by atoms with Crippen molar-refractivity contribution in [3.05, 3.63) is 131 Å². The Kier molecular flexibility index (Phi) is 14.7. The smallest absolute Gasteiger partial charge is 0.407 e. The Morgan fingerprint density at radius 2 is 1.32 bits per heavy atom. The van der Waals surface area contributed by atoms with Crippen molar-refractivity contribution in [2.24, 2.45) is 17.6 Å². The Morgan fingerprint density at radius 3 is 1.91 bits per heavy atom. The van der Waals surface area contributed by atoms with Crippen LogP contribution in [0.15, 0.2) is 103 Å². The number of nitrogens with two attached hydrogens (primary N) is 1. The van der Waals surface area contributed by atoms with Gasteiger partial charge in [-0.15, -0.1) is 0 Å². The van der Waals surface area contributed by atoms with Crippen LogP contribution < -0.4 is 16.4 Å².